The third kappa shape index (κ3) is 6.91. The zero-order valence-corrected chi connectivity index (χ0v) is 29.6. The Kier molecular flexibility index (Phi) is 9.39. The molecule has 2 aliphatic heterocycles. The van der Waals surface area contributed by atoms with Crippen molar-refractivity contribution in [2.75, 3.05) is 31.7 Å². The van der Waals surface area contributed by atoms with Gasteiger partial charge in [-0.2, -0.15) is 0 Å². The summed E-state index contributed by atoms with van der Waals surface area (Å²) in [6.07, 6.45) is 10.9. The summed E-state index contributed by atoms with van der Waals surface area (Å²) in [5.74, 6) is 0.754. The summed E-state index contributed by atoms with van der Waals surface area (Å²) in [4.78, 5) is 29.5. The number of halogens is 1. The van der Waals surface area contributed by atoms with Crippen LogP contribution in [0.1, 0.15) is 76.0 Å². The molecule has 258 valence electrons. The summed E-state index contributed by atoms with van der Waals surface area (Å²) < 4.78 is 40.7. The molecule has 2 saturated carbocycles. The van der Waals surface area contributed by atoms with Gasteiger partial charge in [-0.05, 0) is 118 Å². The number of carbonyl (C=O) groups is 2. The van der Waals surface area contributed by atoms with Crippen molar-refractivity contribution in [3.05, 3.63) is 64.7 Å². The molecule has 2 amide bonds. The average Bonchev–Trinajstić information content (AvgIpc) is 3.87. The average molecular weight is 696 g/mol. The highest BCUT2D eigenvalue weighted by atomic mass is 35.5. The van der Waals surface area contributed by atoms with Gasteiger partial charge in [0.15, 0.2) is 9.92 Å². The van der Waals surface area contributed by atoms with Crippen molar-refractivity contribution in [1.29, 1.82) is 0 Å². The molecule has 5 aliphatic rings. The van der Waals surface area contributed by atoms with Crippen LogP contribution in [-0.4, -0.2) is 54.5 Å². The van der Waals surface area contributed by atoms with Gasteiger partial charge in [-0.1, -0.05) is 29.8 Å². The number of ether oxygens (including phenoxy) is 3. The molecule has 2 unspecified atom stereocenters. The lowest BCUT2D eigenvalue weighted by Crippen LogP contribution is -2.44. The Balaban J connectivity index is 1.35. The Morgan fingerprint density at radius 2 is 1.92 bits per heavy atom. The summed E-state index contributed by atoms with van der Waals surface area (Å²) in [5.41, 5.74) is 1.78. The van der Waals surface area contributed by atoms with Gasteiger partial charge in [0.25, 0.3) is 5.91 Å². The van der Waals surface area contributed by atoms with Gasteiger partial charge in [0, 0.05) is 37.6 Å². The van der Waals surface area contributed by atoms with E-state index < -0.39 is 21.4 Å². The number of aryl methyl sites for hydroxylation is 1. The second-order valence-electron chi connectivity index (χ2n) is 14.6. The van der Waals surface area contributed by atoms with Crippen LogP contribution in [0.3, 0.4) is 0 Å². The summed E-state index contributed by atoms with van der Waals surface area (Å²) in [6, 6.07) is 11.4. The van der Waals surface area contributed by atoms with Gasteiger partial charge in [0.1, 0.15) is 17.5 Å². The first-order valence-electron chi connectivity index (χ1n) is 17.3. The minimum atomic E-state index is -3.71. The summed E-state index contributed by atoms with van der Waals surface area (Å²) in [7, 11) is -1.97. The molecule has 7 rings (SSSR count). The molecular formula is C37H46ClN3O6S. The van der Waals surface area contributed by atoms with E-state index in [2.05, 4.69) is 26.1 Å². The Hall–Kier alpha value is -2.92. The van der Waals surface area contributed by atoms with Crippen LogP contribution in [0, 0.1) is 23.7 Å². The molecule has 2 bridgehead atoms. The van der Waals surface area contributed by atoms with Crippen LogP contribution in [0.15, 0.2) is 57.8 Å². The van der Waals surface area contributed by atoms with Gasteiger partial charge in [0.2, 0.25) is 5.91 Å². The van der Waals surface area contributed by atoms with Crippen LogP contribution in [0.4, 0.5) is 5.69 Å². The number of hydrogen-bond acceptors (Lipinski definition) is 7. The van der Waals surface area contributed by atoms with Gasteiger partial charge < -0.3 is 19.1 Å². The van der Waals surface area contributed by atoms with Gasteiger partial charge >= 0.3 is 0 Å². The zero-order valence-electron chi connectivity index (χ0n) is 28.0. The van der Waals surface area contributed by atoms with E-state index in [0.29, 0.717) is 17.6 Å². The fraction of sp³-hybridized carbons (Fsp3) is 0.568. The molecule has 3 aliphatic carbocycles. The van der Waals surface area contributed by atoms with Crippen molar-refractivity contribution in [2.45, 2.75) is 87.9 Å². The predicted octanol–water partition coefficient (Wildman–Crippen LogP) is 6.82. The van der Waals surface area contributed by atoms with Crippen molar-refractivity contribution < 1.29 is 28.0 Å². The molecule has 0 spiro atoms. The molecule has 0 aromatic heterocycles. The third-order valence-electron chi connectivity index (χ3n) is 10.8. The highest BCUT2D eigenvalue weighted by molar-refractivity contribution is 7.92. The van der Waals surface area contributed by atoms with E-state index >= 15 is 0 Å². The number of benzene rings is 2. The quantitative estimate of drug-likeness (QED) is 0.350. The van der Waals surface area contributed by atoms with Crippen LogP contribution in [0.2, 0.25) is 5.02 Å². The third-order valence-corrected chi connectivity index (χ3v) is 12.9. The van der Waals surface area contributed by atoms with E-state index in [4.69, 9.17) is 25.8 Å². The second-order valence-corrected chi connectivity index (χ2v) is 17.0. The number of nitrogens with one attached hydrogen (secondary N) is 1. The van der Waals surface area contributed by atoms with Crippen LogP contribution >= 0.6 is 11.6 Å². The minimum Gasteiger partial charge on any atom is -0.483 e. The highest BCUT2D eigenvalue weighted by Crippen LogP contribution is 2.47. The first kappa shape index (κ1) is 33.6. The van der Waals surface area contributed by atoms with E-state index in [0.717, 1.165) is 74.3 Å². The largest absolute Gasteiger partial charge is 0.483 e. The number of carbonyl (C=O) groups excluding carboxylic acids is 2. The normalized spacial score (nSPS) is 32.0. The molecule has 1 N–H and O–H groups in total. The van der Waals surface area contributed by atoms with Crippen molar-refractivity contribution in [3.8, 4) is 5.75 Å². The first-order valence-corrected chi connectivity index (χ1v) is 19.2. The van der Waals surface area contributed by atoms with Gasteiger partial charge in [0.05, 0.1) is 23.3 Å². The molecule has 2 heterocycles. The molecule has 48 heavy (non-hydrogen) atoms. The number of anilines is 1. The minimum absolute atomic E-state index is 0.0829. The van der Waals surface area contributed by atoms with Crippen LogP contribution in [0.25, 0.3) is 0 Å². The predicted molar refractivity (Wildman–Crippen MR) is 185 cm³/mol. The molecule has 9 nitrogen and oxygen atoms in total. The Morgan fingerprint density at radius 1 is 1.10 bits per heavy atom. The molecule has 2 aromatic rings. The van der Waals surface area contributed by atoms with Crippen LogP contribution < -0.4 is 14.4 Å². The van der Waals surface area contributed by atoms with Gasteiger partial charge in [-0.15, -0.1) is 4.36 Å². The maximum atomic E-state index is 14.9. The topological polar surface area (TPSA) is 107 Å². The van der Waals surface area contributed by atoms with Crippen LogP contribution in [-0.2, 0) is 35.4 Å². The number of rotatable bonds is 4. The van der Waals surface area contributed by atoms with Crippen molar-refractivity contribution >= 4 is 39.0 Å². The molecule has 0 saturated heterocycles. The smallest absolute Gasteiger partial charge is 0.287 e. The fourth-order valence-corrected chi connectivity index (χ4v) is 9.50. The first-order chi connectivity index (χ1) is 23.0. The van der Waals surface area contributed by atoms with Crippen LogP contribution in [0.5, 0.6) is 5.75 Å². The van der Waals surface area contributed by atoms with Gasteiger partial charge in [-0.3, -0.25) is 14.3 Å². The van der Waals surface area contributed by atoms with E-state index in [1.54, 1.807) is 27.0 Å². The lowest BCUT2D eigenvalue weighted by atomic mass is 9.70. The Bertz CT molecular complexity index is 1730. The summed E-state index contributed by atoms with van der Waals surface area (Å²) in [5, 5.41) is 0.722. The van der Waals surface area contributed by atoms with E-state index in [-0.39, 0.29) is 47.9 Å². The lowest BCUT2D eigenvalue weighted by molar-refractivity contribution is -0.137. The van der Waals surface area contributed by atoms with Crippen molar-refractivity contribution in [3.63, 3.8) is 0 Å². The number of hydrogen-bond donors (Lipinski definition) is 1. The zero-order chi connectivity index (χ0) is 33.6. The molecule has 11 heteroatoms. The maximum absolute atomic E-state index is 14.9. The number of amides is 2. The number of nitrogens with zero attached hydrogens (tertiary/aromatic N) is 2. The van der Waals surface area contributed by atoms with E-state index in [9.17, 15) is 13.8 Å². The number of fused-ring (bicyclic) bond motifs is 5. The Morgan fingerprint density at radius 3 is 2.67 bits per heavy atom. The molecule has 0 radical (unpaired) electrons. The second kappa shape index (κ2) is 13.4. The summed E-state index contributed by atoms with van der Waals surface area (Å²) in [6.45, 7) is 4.90. The monoisotopic (exact) mass is 695 g/mol. The van der Waals surface area contributed by atoms with Crippen molar-refractivity contribution in [2.24, 2.45) is 28.0 Å². The standard InChI is InChI=1S/C37H46ClN3O6S/c1-37(2)36(43)40-48(44,39-34(42)18-23-9-10-23)28-13-16-33-31(20-28)41(21-25-11-14-29(25)32(45-3)8-5-17-46-37)22-26-7-4-6-24-19-27(38)12-15-30(24)35(26)47-33/h5,8,12-13,15-16,19-20,23,25-26,29,32,35H,4,6-7,9-11,14,17-18,21-22H2,1-3H3,(H,39,40,42,43,44)/b8-5+/t25-,26+,29+,32-,35?,48?/m0/s1. The molecule has 2 fully saturated rings. The fourth-order valence-electron chi connectivity index (χ4n) is 7.66. The van der Waals surface area contributed by atoms with E-state index in [1.807, 2.05) is 30.4 Å². The van der Waals surface area contributed by atoms with E-state index in [1.165, 1.54) is 5.56 Å². The highest BCUT2D eigenvalue weighted by Gasteiger charge is 2.41. The summed E-state index contributed by atoms with van der Waals surface area (Å²) >= 11 is 6.43. The number of methoxy groups -OCH3 is 1. The lowest BCUT2D eigenvalue weighted by Gasteiger charge is -2.43. The molecule has 2 aromatic carbocycles. The Labute approximate surface area is 289 Å². The maximum Gasteiger partial charge on any atom is 0.287 e. The molecular weight excluding hydrogens is 650 g/mol. The van der Waals surface area contributed by atoms with Crippen molar-refractivity contribution in [1.82, 2.24) is 4.72 Å². The SMILES string of the molecule is CO[C@H]1/C=C/COC(C)(C)C(=O)N=S(=O)(NC(=O)CC2CC2)c2ccc3c(c2)N(C[C@H]2CCCc4cc(Cl)ccc4C2O3)C[C@@H]2CC[C@H]21. The van der Waals surface area contributed by atoms with Gasteiger partial charge in [-0.25, -0.2) is 4.21 Å². The molecule has 6 atom stereocenters.